The highest BCUT2D eigenvalue weighted by atomic mass is 32.2. The van der Waals surface area contributed by atoms with Crippen LogP contribution >= 0.6 is 11.3 Å². The van der Waals surface area contributed by atoms with Crippen molar-refractivity contribution in [3.05, 3.63) is 16.6 Å². The van der Waals surface area contributed by atoms with Crippen molar-refractivity contribution in [2.24, 2.45) is 0 Å². The summed E-state index contributed by atoms with van der Waals surface area (Å²) in [5.41, 5.74) is 2.78. The van der Waals surface area contributed by atoms with Gasteiger partial charge in [0.15, 0.2) is 9.84 Å². The van der Waals surface area contributed by atoms with Crippen LogP contribution in [-0.2, 0) is 21.2 Å². The number of rotatable bonds is 4. The van der Waals surface area contributed by atoms with Gasteiger partial charge in [0.25, 0.3) is 0 Å². The molecule has 2 atom stereocenters. The smallest absolute Gasteiger partial charge is 0.236 e. The molecule has 0 radical (unpaired) electrons. The van der Waals surface area contributed by atoms with Crippen molar-refractivity contribution in [3.8, 4) is 0 Å². The van der Waals surface area contributed by atoms with Gasteiger partial charge in [0.2, 0.25) is 5.91 Å². The van der Waals surface area contributed by atoms with Gasteiger partial charge in [-0.3, -0.25) is 14.6 Å². The number of thiazole rings is 1. The van der Waals surface area contributed by atoms with Crippen molar-refractivity contribution in [1.82, 2.24) is 19.7 Å². The van der Waals surface area contributed by atoms with E-state index in [0.29, 0.717) is 13.1 Å². The van der Waals surface area contributed by atoms with Crippen molar-refractivity contribution >= 4 is 27.1 Å². The number of aromatic nitrogens is 1. The van der Waals surface area contributed by atoms with Crippen LogP contribution in [-0.4, -0.2) is 91.3 Å². The van der Waals surface area contributed by atoms with Crippen LogP contribution in [0.3, 0.4) is 0 Å². The lowest BCUT2D eigenvalue weighted by molar-refractivity contribution is -0.131. The van der Waals surface area contributed by atoms with E-state index in [0.717, 1.165) is 12.2 Å². The summed E-state index contributed by atoms with van der Waals surface area (Å²) < 4.78 is 24.3. The molecule has 0 N–H and O–H groups in total. The lowest BCUT2D eigenvalue weighted by Crippen LogP contribution is -2.60. The summed E-state index contributed by atoms with van der Waals surface area (Å²) in [6, 6.07) is -0.151. The highest BCUT2D eigenvalue weighted by molar-refractivity contribution is 7.91. The molecule has 0 aliphatic carbocycles. The molecule has 0 saturated carbocycles. The first-order valence-corrected chi connectivity index (χ1v) is 10.4. The zero-order chi connectivity index (χ0) is 16.6. The van der Waals surface area contributed by atoms with Crippen molar-refractivity contribution < 1.29 is 13.2 Å². The maximum Gasteiger partial charge on any atom is 0.236 e. The summed E-state index contributed by atoms with van der Waals surface area (Å²) in [6.07, 6.45) is 0. The fourth-order valence-corrected chi connectivity index (χ4v) is 5.92. The second-order valence-corrected chi connectivity index (χ2v) is 9.29. The molecule has 0 bridgehead atoms. The molecule has 7 nitrogen and oxygen atoms in total. The minimum atomic E-state index is -3.06. The van der Waals surface area contributed by atoms with Gasteiger partial charge in [-0.05, 0) is 0 Å². The summed E-state index contributed by atoms with van der Waals surface area (Å²) in [5.74, 6) is 0.335. The average Bonchev–Trinajstić information content (AvgIpc) is 3.07. The third kappa shape index (κ3) is 3.73. The maximum absolute atomic E-state index is 12.1. The van der Waals surface area contributed by atoms with Crippen LogP contribution in [0.25, 0.3) is 0 Å². The van der Waals surface area contributed by atoms with Crippen LogP contribution in [0.15, 0.2) is 10.9 Å². The molecular weight excluding hydrogens is 336 g/mol. The van der Waals surface area contributed by atoms with E-state index < -0.39 is 9.84 Å². The molecule has 1 aromatic rings. The van der Waals surface area contributed by atoms with Gasteiger partial charge in [0.05, 0.1) is 29.3 Å². The Labute approximate surface area is 140 Å². The Balaban J connectivity index is 1.76. The predicted octanol–water partition coefficient (Wildman–Crippen LogP) is -0.485. The summed E-state index contributed by atoms with van der Waals surface area (Å²) in [5, 5.41) is 2.00. The Morgan fingerprint density at radius 3 is 2.57 bits per heavy atom. The highest BCUT2D eigenvalue weighted by Crippen LogP contribution is 2.28. The van der Waals surface area contributed by atoms with E-state index in [1.165, 1.54) is 0 Å². The van der Waals surface area contributed by atoms with Crippen LogP contribution < -0.4 is 0 Å². The monoisotopic (exact) mass is 358 g/mol. The number of amides is 1. The van der Waals surface area contributed by atoms with E-state index in [-0.39, 0.29) is 36.0 Å². The number of carbonyl (C=O) groups excluding carboxylic acids is 1. The van der Waals surface area contributed by atoms with E-state index in [2.05, 4.69) is 9.88 Å². The minimum absolute atomic E-state index is 0.0148. The quantitative estimate of drug-likeness (QED) is 0.723. The molecule has 9 heteroatoms. The van der Waals surface area contributed by atoms with Crippen molar-refractivity contribution in [2.75, 3.05) is 45.2 Å². The number of likely N-dealkylation sites (N-methyl/N-ethyl adjacent to an activating group) is 1. The molecule has 1 aromatic heterocycles. The first-order valence-electron chi connectivity index (χ1n) is 7.61. The number of hydrogen-bond acceptors (Lipinski definition) is 7. The fourth-order valence-electron chi connectivity index (χ4n) is 3.33. The zero-order valence-electron chi connectivity index (χ0n) is 13.4. The van der Waals surface area contributed by atoms with Gasteiger partial charge in [-0.15, -0.1) is 11.3 Å². The maximum atomic E-state index is 12.1. The summed E-state index contributed by atoms with van der Waals surface area (Å²) in [7, 11) is 0.396. The molecule has 1 amide bonds. The first-order chi connectivity index (χ1) is 10.9. The molecule has 3 heterocycles. The topological polar surface area (TPSA) is 73.8 Å². The van der Waals surface area contributed by atoms with Crippen LogP contribution in [0, 0.1) is 0 Å². The molecule has 3 rings (SSSR count). The normalized spacial score (nSPS) is 27.7. The van der Waals surface area contributed by atoms with Crippen molar-refractivity contribution in [1.29, 1.82) is 0 Å². The third-order valence-corrected chi connectivity index (χ3v) is 6.93. The first kappa shape index (κ1) is 16.8. The lowest BCUT2D eigenvalue weighted by atomic mass is 10.0. The Bertz CT molecular complexity index is 660. The van der Waals surface area contributed by atoms with Gasteiger partial charge < -0.3 is 4.90 Å². The number of sulfone groups is 1. The molecule has 0 spiro atoms. The predicted molar refractivity (Wildman–Crippen MR) is 89.0 cm³/mol. The SMILES string of the molecule is CN(C)C(=O)CN1CCN(Cc2cscn2)C2CS(=O)(=O)CC21. The van der Waals surface area contributed by atoms with E-state index >= 15 is 0 Å². The molecule has 2 fully saturated rings. The second kappa shape index (κ2) is 6.46. The fraction of sp³-hybridized carbons (Fsp3) is 0.714. The standard InChI is InChI=1S/C14H22N4O3S2/c1-16(2)14(19)6-18-4-3-17(5-11-7-22-10-15-11)12-8-23(20,21)9-13(12)18/h7,10,12-13H,3-6,8-9H2,1-2H3. The average molecular weight is 358 g/mol. The largest absolute Gasteiger partial charge is 0.348 e. The van der Waals surface area contributed by atoms with Crippen molar-refractivity contribution in [2.45, 2.75) is 18.6 Å². The Morgan fingerprint density at radius 1 is 1.30 bits per heavy atom. The van der Waals surface area contributed by atoms with Crippen LogP contribution in [0.5, 0.6) is 0 Å². The van der Waals surface area contributed by atoms with E-state index in [1.807, 2.05) is 10.3 Å². The Morgan fingerprint density at radius 2 is 1.96 bits per heavy atom. The van der Waals surface area contributed by atoms with Crippen LogP contribution in [0.2, 0.25) is 0 Å². The highest BCUT2D eigenvalue weighted by Gasteiger charge is 2.46. The number of piperazine rings is 1. The lowest BCUT2D eigenvalue weighted by Gasteiger charge is -2.43. The van der Waals surface area contributed by atoms with Gasteiger partial charge in [-0.2, -0.15) is 0 Å². The van der Waals surface area contributed by atoms with Crippen LogP contribution in [0.1, 0.15) is 5.69 Å². The van der Waals surface area contributed by atoms with E-state index in [1.54, 1.807) is 35.8 Å². The summed E-state index contributed by atoms with van der Waals surface area (Å²) in [6.45, 7) is 2.43. The van der Waals surface area contributed by atoms with Crippen LogP contribution in [0.4, 0.5) is 0 Å². The summed E-state index contributed by atoms with van der Waals surface area (Å²) >= 11 is 1.55. The second-order valence-electron chi connectivity index (χ2n) is 6.42. The van der Waals surface area contributed by atoms with Gasteiger partial charge >= 0.3 is 0 Å². The Kier molecular flexibility index (Phi) is 4.73. The van der Waals surface area contributed by atoms with Gasteiger partial charge in [0.1, 0.15) is 0 Å². The molecule has 2 unspecified atom stereocenters. The number of fused-ring (bicyclic) bond motifs is 1. The van der Waals surface area contributed by atoms with E-state index in [4.69, 9.17) is 0 Å². The summed E-state index contributed by atoms with van der Waals surface area (Å²) in [4.78, 5) is 22.1. The van der Waals surface area contributed by atoms with Gasteiger partial charge in [0, 0.05) is 51.2 Å². The molecule has 2 saturated heterocycles. The van der Waals surface area contributed by atoms with Gasteiger partial charge in [-0.1, -0.05) is 0 Å². The van der Waals surface area contributed by atoms with E-state index in [9.17, 15) is 13.2 Å². The number of nitrogens with zero attached hydrogens (tertiary/aromatic N) is 4. The number of carbonyl (C=O) groups is 1. The van der Waals surface area contributed by atoms with Gasteiger partial charge in [-0.25, -0.2) is 13.4 Å². The molecular formula is C14H22N4O3S2. The zero-order valence-corrected chi connectivity index (χ0v) is 15.0. The molecule has 2 aliphatic rings. The third-order valence-electron chi connectivity index (χ3n) is 4.59. The Hall–Kier alpha value is -1.03. The van der Waals surface area contributed by atoms with Crippen molar-refractivity contribution in [3.63, 3.8) is 0 Å². The minimum Gasteiger partial charge on any atom is -0.348 e. The molecule has 2 aliphatic heterocycles. The number of hydrogen-bond donors (Lipinski definition) is 0. The molecule has 128 valence electrons. The molecule has 23 heavy (non-hydrogen) atoms. The molecule has 0 aromatic carbocycles.